The largest absolute Gasteiger partial charge is 0.445 e. The van der Waals surface area contributed by atoms with Gasteiger partial charge in [-0.25, -0.2) is 4.79 Å². The predicted octanol–water partition coefficient (Wildman–Crippen LogP) is 5.63. The minimum Gasteiger partial charge on any atom is -0.445 e. The van der Waals surface area contributed by atoms with Crippen LogP contribution in [-0.2, 0) is 11.3 Å². The van der Waals surface area contributed by atoms with Crippen LogP contribution in [0.25, 0.3) is 0 Å². The van der Waals surface area contributed by atoms with Crippen molar-refractivity contribution in [2.75, 3.05) is 6.54 Å². The molecule has 1 unspecified atom stereocenters. The molecule has 1 spiro atoms. The first-order valence-corrected chi connectivity index (χ1v) is 10.6. The second-order valence-corrected chi connectivity index (χ2v) is 8.41. The number of nitrogens with one attached hydrogen (secondary N) is 1. The van der Waals surface area contributed by atoms with E-state index in [0.717, 1.165) is 29.7 Å². The van der Waals surface area contributed by atoms with Crippen LogP contribution >= 0.6 is 0 Å². The van der Waals surface area contributed by atoms with Crippen LogP contribution in [0, 0.1) is 23.2 Å². The summed E-state index contributed by atoms with van der Waals surface area (Å²) in [5.41, 5.74) is 3.23. The van der Waals surface area contributed by atoms with Crippen molar-refractivity contribution in [1.29, 1.82) is 0 Å². The van der Waals surface area contributed by atoms with Crippen LogP contribution in [0.1, 0.15) is 51.0 Å². The molecule has 144 valence electrons. The fraction of sp³-hybridized carbons (Fsp3) is 0.542. The van der Waals surface area contributed by atoms with Gasteiger partial charge in [0, 0.05) is 6.54 Å². The summed E-state index contributed by atoms with van der Waals surface area (Å²) in [4.78, 5) is 12.0. The van der Waals surface area contributed by atoms with E-state index in [1.165, 1.54) is 32.1 Å². The molecule has 3 heteroatoms. The lowest BCUT2D eigenvalue weighted by atomic mass is 9.79. The number of carbonyl (C=O) groups is 1. The number of amides is 1. The van der Waals surface area contributed by atoms with Crippen LogP contribution in [0.3, 0.4) is 0 Å². The first-order valence-electron chi connectivity index (χ1n) is 10.6. The fourth-order valence-electron chi connectivity index (χ4n) is 5.51. The molecule has 4 atom stereocenters. The molecule has 0 aromatic heterocycles. The summed E-state index contributed by atoms with van der Waals surface area (Å²) < 4.78 is 5.34. The van der Waals surface area contributed by atoms with Gasteiger partial charge in [-0.2, -0.15) is 0 Å². The fourth-order valence-corrected chi connectivity index (χ4v) is 5.51. The van der Waals surface area contributed by atoms with Crippen molar-refractivity contribution in [3.63, 3.8) is 0 Å². The van der Waals surface area contributed by atoms with Crippen molar-refractivity contribution in [3.8, 4) is 0 Å². The van der Waals surface area contributed by atoms with Crippen molar-refractivity contribution in [2.45, 2.75) is 52.1 Å². The van der Waals surface area contributed by atoms with Crippen LogP contribution in [0.4, 0.5) is 4.79 Å². The Labute approximate surface area is 162 Å². The van der Waals surface area contributed by atoms with Gasteiger partial charge in [-0.3, -0.25) is 0 Å². The molecule has 1 aromatic carbocycles. The van der Waals surface area contributed by atoms with Crippen LogP contribution in [0.15, 0.2) is 54.1 Å². The number of carbonyl (C=O) groups excluding carboxylic acids is 1. The number of benzene rings is 1. The molecule has 3 aliphatic carbocycles. The standard InChI is InChI=1S/C24H31NO2/c1-2-3-11-19-20(22-16-24(22)14-8-7-12-21(19)24)13-15-25-23(26)27-17-18-9-5-4-6-10-18/h4-10,12,19-20,22H,2-3,11,13-17H2,1H3,(H,25,26)/t19-,20+,22+,24?/m1/s1. The maximum absolute atomic E-state index is 12.0. The van der Waals surface area contributed by atoms with Crippen molar-refractivity contribution >= 4 is 6.09 Å². The molecular formula is C24H31NO2. The van der Waals surface area contributed by atoms with E-state index in [1.807, 2.05) is 30.3 Å². The van der Waals surface area contributed by atoms with Crippen LogP contribution in [0.5, 0.6) is 0 Å². The van der Waals surface area contributed by atoms with Gasteiger partial charge in [-0.05, 0) is 54.4 Å². The summed E-state index contributed by atoms with van der Waals surface area (Å²) >= 11 is 0. The Bertz CT molecular complexity index is 723. The summed E-state index contributed by atoms with van der Waals surface area (Å²) in [5, 5.41) is 2.98. The number of allylic oxidation sites excluding steroid dienone is 4. The molecule has 1 N–H and O–H groups in total. The van der Waals surface area contributed by atoms with Crippen LogP contribution in [0.2, 0.25) is 0 Å². The summed E-state index contributed by atoms with van der Waals surface area (Å²) in [6, 6.07) is 9.83. The van der Waals surface area contributed by atoms with E-state index in [-0.39, 0.29) is 6.09 Å². The molecule has 0 saturated heterocycles. The Morgan fingerprint density at radius 1 is 1.26 bits per heavy atom. The second kappa shape index (κ2) is 7.92. The zero-order valence-electron chi connectivity index (χ0n) is 16.3. The predicted molar refractivity (Wildman–Crippen MR) is 108 cm³/mol. The van der Waals surface area contributed by atoms with Gasteiger partial charge >= 0.3 is 6.09 Å². The zero-order valence-corrected chi connectivity index (χ0v) is 16.3. The van der Waals surface area contributed by atoms with Gasteiger partial charge < -0.3 is 10.1 Å². The van der Waals surface area contributed by atoms with E-state index >= 15 is 0 Å². The van der Waals surface area contributed by atoms with Gasteiger partial charge in [0.2, 0.25) is 0 Å². The van der Waals surface area contributed by atoms with E-state index in [1.54, 1.807) is 5.57 Å². The smallest absolute Gasteiger partial charge is 0.407 e. The molecule has 0 aliphatic heterocycles. The average molecular weight is 366 g/mol. The highest BCUT2D eigenvalue weighted by molar-refractivity contribution is 5.67. The van der Waals surface area contributed by atoms with E-state index in [0.29, 0.717) is 18.6 Å². The lowest BCUT2D eigenvalue weighted by Crippen LogP contribution is -2.28. The number of hydrogen-bond acceptors (Lipinski definition) is 2. The molecule has 0 heterocycles. The van der Waals surface area contributed by atoms with E-state index < -0.39 is 0 Å². The second-order valence-electron chi connectivity index (χ2n) is 8.41. The van der Waals surface area contributed by atoms with Crippen molar-refractivity contribution in [2.24, 2.45) is 23.2 Å². The molecule has 2 saturated carbocycles. The SMILES string of the molecule is CCCC[C@H]1C2=CC=CCC23C[C@H]3[C@H]1CCNC(=O)OCc1ccccc1. The van der Waals surface area contributed by atoms with E-state index in [2.05, 4.69) is 30.5 Å². The number of unbranched alkanes of at least 4 members (excludes halogenated alkanes) is 1. The van der Waals surface area contributed by atoms with Gasteiger partial charge in [-0.15, -0.1) is 0 Å². The lowest BCUT2D eigenvalue weighted by Gasteiger charge is -2.27. The van der Waals surface area contributed by atoms with E-state index in [4.69, 9.17) is 4.74 Å². The maximum Gasteiger partial charge on any atom is 0.407 e. The van der Waals surface area contributed by atoms with Gasteiger partial charge in [0.05, 0.1) is 0 Å². The molecule has 2 fully saturated rings. The van der Waals surface area contributed by atoms with Gasteiger partial charge in [0.25, 0.3) is 0 Å². The molecule has 4 rings (SSSR count). The molecule has 27 heavy (non-hydrogen) atoms. The Morgan fingerprint density at radius 3 is 2.93 bits per heavy atom. The summed E-state index contributed by atoms with van der Waals surface area (Å²) in [6.45, 7) is 3.33. The van der Waals surface area contributed by atoms with Gasteiger partial charge in [0.15, 0.2) is 0 Å². The molecule has 1 aromatic rings. The summed E-state index contributed by atoms with van der Waals surface area (Å²) in [5.74, 6) is 2.27. The number of alkyl carbamates (subject to hydrolysis) is 1. The first-order chi connectivity index (χ1) is 13.2. The Balaban J connectivity index is 1.28. The van der Waals surface area contributed by atoms with Crippen molar-refractivity contribution in [3.05, 3.63) is 59.7 Å². The molecule has 1 amide bonds. The molecule has 3 aliphatic rings. The van der Waals surface area contributed by atoms with Crippen LogP contribution < -0.4 is 5.32 Å². The Kier molecular flexibility index (Phi) is 5.38. The van der Waals surface area contributed by atoms with Gasteiger partial charge in [0.1, 0.15) is 6.61 Å². The monoisotopic (exact) mass is 365 g/mol. The topological polar surface area (TPSA) is 38.3 Å². The molecule has 0 bridgehead atoms. The van der Waals surface area contributed by atoms with E-state index in [9.17, 15) is 4.79 Å². The molecule has 0 radical (unpaired) electrons. The summed E-state index contributed by atoms with van der Waals surface area (Å²) in [7, 11) is 0. The van der Waals surface area contributed by atoms with Crippen molar-refractivity contribution in [1.82, 2.24) is 5.32 Å². The molecule has 3 nitrogen and oxygen atoms in total. The highest BCUT2D eigenvalue weighted by atomic mass is 16.5. The zero-order chi connectivity index (χ0) is 18.7. The number of ether oxygens (including phenoxy) is 1. The minimum absolute atomic E-state index is 0.300. The third-order valence-corrected chi connectivity index (χ3v) is 6.86. The highest BCUT2D eigenvalue weighted by Gasteiger charge is 2.66. The van der Waals surface area contributed by atoms with Crippen LogP contribution in [-0.4, -0.2) is 12.6 Å². The van der Waals surface area contributed by atoms with Gasteiger partial charge in [-0.1, -0.05) is 73.9 Å². The highest BCUT2D eigenvalue weighted by Crippen LogP contribution is 2.74. The Hall–Kier alpha value is -2.03. The quantitative estimate of drug-likeness (QED) is 0.648. The third kappa shape index (κ3) is 3.69. The first kappa shape index (κ1) is 18.3. The average Bonchev–Trinajstić information content (AvgIpc) is 3.34. The molecular weight excluding hydrogens is 334 g/mol. The lowest BCUT2D eigenvalue weighted by molar-refractivity contribution is 0.138. The number of hydrogen-bond donors (Lipinski definition) is 1. The minimum atomic E-state index is -0.300. The maximum atomic E-state index is 12.0. The number of rotatable bonds is 8. The normalized spacial score (nSPS) is 30.3. The van der Waals surface area contributed by atoms with Crippen molar-refractivity contribution < 1.29 is 9.53 Å². The summed E-state index contributed by atoms with van der Waals surface area (Å²) in [6.07, 6.45) is 14.2. The Morgan fingerprint density at radius 2 is 2.11 bits per heavy atom. The third-order valence-electron chi connectivity index (χ3n) is 6.86.